The van der Waals surface area contributed by atoms with Crippen molar-refractivity contribution in [3.63, 3.8) is 0 Å². The molecule has 1 heterocycles. The van der Waals surface area contributed by atoms with Crippen molar-refractivity contribution >= 4 is 21.2 Å². The second-order valence-corrected chi connectivity index (χ2v) is 8.69. The van der Waals surface area contributed by atoms with Crippen molar-refractivity contribution in [3.05, 3.63) is 16.1 Å². The first kappa shape index (κ1) is 13.6. The number of sulfone groups is 1. The zero-order chi connectivity index (χ0) is 12.4. The van der Waals surface area contributed by atoms with E-state index in [1.165, 1.54) is 17.6 Å². The first-order valence-corrected chi connectivity index (χ1v) is 8.15. The minimum atomic E-state index is -2.94. The number of hydrogen-bond acceptors (Lipinski definition) is 4. The van der Waals surface area contributed by atoms with Gasteiger partial charge in [-0.25, -0.2) is 13.4 Å². The molecule has 0 bridgehead atoms. The smallest absolute Gasteiger partial charge is 0.152 e. The van der Waals surface area contributed by atoms with Gasteiger partial charge in [0.1, 0.15) is 0 Å². The van der Waals surface area contributed by atoms with Crippen molar-refractivity contribution in [2.45, 2.75) is 39.4 Å². The molecule has 0 aliphatic carbocycles. The molecular weight excluding hydrogens is 242 g/mol. The molecule has 0 saturated carbocycles. The number of aromatic nitrogens is 1. The van der Waals surface area contributed by atoms with Gasteiger partial charge < -0.3 is 0 Å². The Labute approximate surface area is 102 Å². The van der Waals surface area contributed by atoms with Gasteiger partial charge in [0.15, 0.2) is 9.84 Å². The quantitative estimate of drug-likeness (QED) is 0.837. The molecule has 0 aliphatic rings. The molecular formula is C11H19NO2S2. The Morgan fingerprint density at radius 1 is 1.38 bits per heavy atom. The summed E-state index contributed by atoms with van der Waals surface area (Å²) in [7, 11) is -2.94. The molecule has 16 heavy (non-hydrogen) atoms. The second kappa shape index (κ2) is 4.84. The highest BCUT2D eigenvalue weighted by Crippen LogP contribution is 2.24. The van der Waals surface area contributed by atoms with Gasteiger partial charge in [0.25, 0.3) is 0 Å². The van der Waals surface area contributed by atoms with Gasteiger partial charge in [-0.1, -0.05) is 20.8 Å². The summed E-state index contributed by atoms with van der Waals surface area (Å²) in [6.07, 6.45) is 4.93. The van der Waals surface area contributed by atoms with Crippen LogP contribution in [0.5, 0.6) is 0 Å². The average molecular weight is 261 g/mol. The van der Waals surface area contributed by atoms with Gasteiger partial charge in [-0.2, -0.15) is 0 Å². The van der Waals surface area contributed by atoms with Crippen LogP contribution in [-0.4, -0.2) is 19.7 Å². The fraction of sp³-hybridized carbons (Fsp3) is 0.727. The third-order valence-electron chi connectivity index (χ3n) is 2.09. The van der Waals surface area contributed by atoms with Crippen LogP contribution in [-0.2, 0) is 22.0 Å². The van der Waals surface area contributed by atoms with Gasteiger partial charge in [-0.15, -0.1) is 11.3 Å². The zero-order valence-electron chi connectivity index (χ0n) is 10.3. The molecule has 0 aliphatic heterocycles. The molecule has 0 aromatic carbocycles. The van der Waals surface area contributed by atoms with Gasteiger partial charge in [0.2, 0.25) is 0 Å². The molecule has 0 N–H and O–H groups in total. The van der Waals surface area contributed by atoms with Crippen LogP contribution < -0.4 is 0 Å². The van der Waals surface area contributed by atoms with Crippen LogP contribution in [0, 0.1) is 5.41 Å². The van der Waals surface area contributed by atoms with Gasteiger partial charge in [0, 0.05) is 17.3 Å². The van der Waals surface area contributed by atoms with Crippen molar-refractivity contribution in [2.24, 2.45) is 5.41 Å². The molecule has 3 nitrogen and oxygen atoms in total. The van der Waals surface area contributed by atoms with Gasteiger partial charge in [-0.05, 0) is 18.3 Å². The average Bonchev–Trinajstić information content (AvgIpc) is 2.44. The molecule has 1 rings (SSSR count). The Kier molecular flexibility index (Phi) is 4.12. The lowest BCUT2D eigenvalue weighted by Gasteiger charge is -2.16. The summed E-state index contributed by atoms with van der Waals surface area (Å²) in [4.78, 5) is 5.10. The molecule has 0 unspecified atom stereocenters. The molecule has 0 saturated heterocycles. The third-order valence-corrected chi connectivity index (χ3v) is 4.17. The van der Waals surface area contributed by atoms with Crippen LogP contribution in [0.25, 0.3) is 0 Å². The van der Waals surface area contributed by atoms with E-state index in [9.17, 15) is 8.42 Å². The Bertz CT molecular complexity index is 441. The van der Waals surface area contributed by atoms with E-state index in [-0.39, 0.29) is 5.75 Å². The van der Waals surface area contributed by atoms with E-state index in [1.807, 2.05) is 0 Å². The Balaban J connectivity index is 2.59. The summed E-state index contributed by atoms with van der Waals surface area (Å²) in [5, 5.41) is 1.04. The van der Waals surface area contributed by atoms with E-state index >= 15 is 0 Å². The van der Waals surface area contributed by atoms with Crippen LogP contribution in [0.2, 0.25) is 0 Å². The van der Waals surface area contributed by atoms with E-state index in [2.05, 4.69) is 25.8 Å². The molecule has 5 heteroatoms. The summed E-state index contributed by atoms with van der Waals surface area (Å²) in [5.41, 5.74) is 0.294. The van der Waals surface area contributed by atoms with E-state index in [4.69, 9.17) is 0 Å². The van der Waals surface area contributed by atoms with Crippen LogP contribution in [0.15, 0.2) is 6.20 Å². The first-order valence-electron chi connectivity index (χ1n) is 5.27. The Morgan fingerprint density at radius 2 is 2.00 bits per heavy atom. The number of rotatable bonds is 4. The van der Waals surface area contributed by atoms with Crippen molar-refractivity contribution in [2.75, 3.05) is 6.26 Å². The largest absolute Gasteiger partial charge is 0.249 e. The molecule has 1 aromatic heterocycles. The topological polar surface area (TPSA) is 47.0 Å². The summed E-state index contributed by atoms with van der Waals surface area (Å²) in [5.74, 6) is 0.111. The first-order chi connectivity index (χ1) is 7.16. The Hall–Kier alpha value is -0.420. The van der Waals surface area contributed by atoms with E-state index in [0.29, 0.717) is 5.41 Å². The number of hydrogen-bond donors (Lipinski definition) is 0. The molecule has 0 spiro atoms. The van der Waals surface area contributed by atoms with Crippen LogP contribution in [0.3, 0.4) is 0 Å². The zero-order valence-corrected chi connectivity index (χ0v) is 11.9. The van der Waals surface area contributed by atoms with E-state index in [0.717, 1.165) is 22.7 Å². The summed E-state index contributed by atoms with van der Waals surface area (Å²) in [6.45, 7) is 6.58. The highest BCUT2D eigenvalue weighted by atomic mass is 32.2. The summed E-state index contributed by atoms with van der Waals surface area (Å²) < 4.78 is 22.2. The lowest BCUT2D eigenvalue weighted by atomic mass is 9.91. The van der Waals surface area contributed by atoms with Gasteiger partial charge in [-0.3, -0.25) is 0 Å². The standard InChI is InChI=1S/C11H19NO2S2/c1-11(2,3)6-5-10-12-7-9(15-10)8-16(4,13)14/h7H,5-6,8H2,1-4H3. The predicted octanol–water partition coefficient (Wildman–Crippen LogP) is 2.67. The maximum absolute atomic E-state index is 11.1. The number of aryl methyl sites for hydroxylation is 1. The van der Waals surface area contributed by atoms with E-state index < -0.39 is 9.84 Å². The minimum absolute atomic E-state index is 0.111. The lowest BCUT2D eigenvalue weighted by molar-refractivity contribution is 0.378. The van der Waals surface area contributed by atoms with Crippen LogP contribution in [0.4, 0.5) is 0 Å². The van der Waals surface area contributed by atoms with Gasteiger partial charge >= 0.3 is 0 Å². The number of thiazole rings is 1. The monoisotopic (exact) mass is 261 g/mol. The number of nitrogens with zero attached hydrogens (tertiary/aromatic N) is 1. The summed E-state index contributed by atoms with van der Waals surface area (Å²) in [6, 6.07) is 0. The summed E-state index contributed by atoms with van der Waals surface area (Å²) >= 11 is 1.51. The van der Waals surface area contributed by atoms with E-state index in [1.54, 1.807) is 6.20 Å². The van der Waals surface area contributed by atoms with Crippen LogP contribution >= 0.6 is 11.3 Å². The highest BCUT2D eigenvalue weighted by molar-refractivity contribution is 7.90. The maximum atomic E-state index is 11.1. The van der Waals surface area contributed by atoms with Gasteiger partial charge in [0.05, 0.1) is 10.8 Å². The minimum Gasteiger partial charge on any atom is -0.249 e. The molecule has 0 atom stereocenters. The SMILES string of the molecule is CC(C)(C)CCc1ncc(CS(C)(=O)=O)s1. The lowest BCUT2D eigenvalue weighted by Crippen LogP contribution is -2.05. The van der Waals surface area contributed by atoms with Crippen molar-refractivity contribution in [1.82, 2.24) is 4.98 Å². The fourth-order valence-electron chi connectivity index (χ4n) is 1.27. The third kappa shape index (κ3) is 5.61. The maximum Gasteiger partial charge on any atom is 0.152 e. The normalized spacial score (nSPS) is 13.0. The molecule has 0 radical (unpaired) electrons. The molecule has 0 fully saturated rings. The highest BCUT2D eigenvalue weighted by Gasteiger charge is 2.13. The fourth-order valence-corrected chi connectivity index (χ4v) is 3.46. The van der Waals surface area contributed by atoms with Crippen molar-refractivity contribution < 1.29 is 8.42 Å². The second-order valence-electron chi connectivity index (χ2n) is 5.35. The van der Waals surface area contributed by atoms with Crippen LogP contribution in [0.1, 0.15) is 37.1 Å². The molecule has 1 aromatic rings. The van der Waals surface area contributed by atoms with Crippen molar-refractivity contribution in [3.8, 4) is 0 Å². The predicted molar refractivity (Wildman–Crippen MR) is 68.4 cm³/mol. The molecule has 92 valence electrons. The van der Waals surface area contributed by atoms with Crippen molar-refractivity contribution in [1.29, 1.82) is 0 Å². The Morgan fingerprint density at radius 3 is 2.50 bits per heavy atom. The molecule has 0 amide bonds.